The number of hydrogen-bond donors (Lipinski definition) is 0. The highest BCUT2D eigenvalue weighted by molar-refractivity contribution is 6.45. The van der Waals surface area contributed by atoms with Crippen LogP contribution in [-0.4, -0.2) is 45.0 Å². The molecule has 0 saturated carbocycles. The van der Waals surface area contributed by atoms with Crippen molar-refractivity contribution < 1.29 is 14.3 Å². The second-order valence-electron chi connectivity index (χ2n) is 8.15. The molecule has 0 atom stereocenters. The van der Waals surface area contributed by atoms with Gasteiger partial charge in [0.05, 0.1) is 18.4 Å². The summed E-state index contributed by atoms with van der Waals surface area (Å²) in [6.45, 7) is 0.502. The Bertz CT molecular complexity index is 1180. The van der Waals surface area contributed by atoms with Crippen molar-refractivity contribution in [1.29, 1.82) is 0 Å². The van der Waals surface area contributed by atoms with Crippen LogP contribution in [0.3, 0.4) is 0 Å². The average Bonchev–Trinajstić information content (AvgIpc) is 3.09. The smallest absolute Gasteiger partial charge is 0.282 e. The van der Waals surface area contributed by atoms with Crippen molar-refractivity contribution >= 4 is 28.8 Å². The molecule has 0 fully saturated rings. The maximum absolute atomic E-state index is 13.6. The molecule has 2 amide bonds. The minimum atomic E-state index is -0.335. The number of carbonyl (C=O) groups excluding carboxylic acids is 2. The minimum absolute atomic E-state index is 0.332. The predicted molar refractivity (Wildman–Crippen MR) is 131 cm³/mol. The van der Waals surface area contributed by atoms with Crippen LogP contribution in [0.5, 0.6) is 5.75 Å². The van der Waals surface area contributed by atoms with Crippen molar-refractivity contribution in [3.63, 3.8) is 0 Å². The molecule has 0 aromatic heterocycles. The number of amides is 2. The van der Waals surface area contributed by atoms with Gasteiger partial charge in [-0.05, 0) is 47.5 Å². The summed E-state index contributed by atoms with van der Waals surface area (Å²) in [6.07, 6.45) is 0. The number of methoxy groups -OCH3 is 1. The Morgan fingerprint density at radius 3 is 2.00 bits per heavy atom. The van der Waals surface area contributed by atoms with Gasteiger partial charge in [-0.25, -0.2) is 4.90 Å². The molecule has 0 bridgehead atoms. The summed E-state index contributed by atoms with van der Waals surface area (Å²) in [4.78, 5) is 32.4. The third kappa shape index (κ3) is 4.32. The lowest BCUT2D eigenvalue weighted by Gasteiger charge is -2.22. The number of hydrogen-bond acceptors (Lipinski definition) is 5. The molecule has 0 saturated heterocycles. The number of ether oxygens (including phenoxy) is 1. The van der Waals surface area contributed by atoms with Gasteiger partial charge in [0.2, 0.25) is 0 Å². The SMILES string of the molecule is COc1ccc(C2=C(N(C)Cc3ccccc3)C(=O)N(c3ccc(N(C)C)cc3)C2=O)cc1. The van der Waals surface area contributed by atoms with Gasteiger partial charge in [0.25, 0.3) is 11.8 Å². The molecule has 4 rings (SSSR count). The first-order chi connectivity index (χ1) is 15.9. The Morgan fingerprint density at radius 1 is 0.788 bits per heavy atom. The summed E-state index contributed by atoms with van der Waals surface area (Å²) in [6, 6.07) is 24.5. The van der Waals surface area contributed by atoms with Gasteiger partial charge >= 0.3 is 0 Å². The van der Waals surface area contributed by atoms with Crippen LogP contribution in [0.4, 0.5) is 11.4 Å². The second kappa shape index (κ2) is 9.20. The predicted octanol–water partition coefficient (Wildman–Crippen LogP) is 4.18. The lowest BCUT2D eigenvalue weighted by atomic mass is 10.0. The highest BCUT2D eigenvalue weighted by Gasteiger charge is 2.41. The summed E-state index contributed by atoms with van der Waals surface area (Å²) in [7, 11) is 7.33. The van der Waals surface area contributed by atoms with Gasteiger partial charge in [0.1, 0.15) is 11.4 Å². The Balaban J connectivity index is 1.76. The van der Waals surface area contributed by atoms with E-state index in [2.05, 4.69) is 0 Å². The number of benzene rings is 3. The summed E-state index contributed by atoms with van der Waals surface area (Å²) >= 11 is 0. The fraction of sp³-hybridized carbons (Fsp3) is 0.185. The van der Waals surface area contributed by atoms with Crippen LogP contribution in [0.15, 0.2) is 84.6 Å². The van der Waals surface area contributed by atoms with Crippen LogP contribution in [0, 0.1) is 0 Å². The summed E-state index contributed by atoms with van der Waals surface area (Å²) in [5.41, 5.74) is 4.03. The molecule has 0 aliphatic carbocycles. The van der Waals surface area contributed by atoms with E-state index in [1.807, 2.05) is 85.5 Å². The van der Waals surface area contributed by atoms with Crippen molar-refractivity contribution in [2.24, 2.45) is 0 Å². The second-order valence-corrected chi connectivity index (χ2v) is 8.15. The molecule has 3 aromatic rings. The molecule has 3 aromatic carbocycles. The van der Waals surface area contributed by atoms with Gasteiger partial charge in [0, 0.05) is 33.4 Å². The highest BCUT2D eigenvalue weighted by Crippen LogP contribution is 2.36. The van der Waals surface area contributed by atoms with E-state index in [9.17, 15) is 9.59 Å². The number of imide groups is 1. The molecule has 1 aliphatic rings. The first-order valence-corrected chi connectivity index (χ1v) is 10.7. The first-order valence-electron chi connectivity index (χ1n) is 10.7. The summed E-state index contributed by atoms with van der Waals surface area (Å²) < 4.78 is 5.26. The number of likely N-dealkylation sites (N-methyl/N-ethyl adjacent to an activating group) is 1. The van der Waals surface area contributed by atoms with E-state index < -0.39 is 0 Å². The molecule has 6 heteroatoms. The molecule has 0 radical (unpaired) electrons. The highest BCUT2D eigenvalue weighted by atomic mass is 16.5. The number of rotatable bonds is 7. The van der Waals surface area contributed by atoms with Crippen molar-refractivity contribution in [1.82, 2.24) is 4.90 Å². The van der Waals surface area contributed by atoms with Gasteiger partial charge in [-0.3, -0.25) is 9.59 Å². The zero-order valence-corrected chi connectivity index (χ0v) is 19.3. The minimum Gasteiger partial charge on any atom is -0.497 e. The molecule has 1 heterocycles. The molecule has 0 N–H and O–H groups in total. The number of carbonyl (C=O) groups is 2. The normalized spacial score (nSPS) is 13.5. The van der Waals surface area contributed by atoms with Gasteiger partial charge in [-0.2, -0.15) is 0 Å². The van der Waals surface area contributed by atoms with E-state index in [1.165, 1.54) is 4.90 Å². The van der Waals surface area contributed by atoms with E-state index in [4.69, 9.17) is 4.74 Å². The fourth-order valence-electron chi connectivity index (χ4n) is 3.96. The Morgan fingerprint density at radius 2 is 1.42 bits per heavy atom. The van der Waals surface area contributed by atoms with Gasteiger partial charge < -0.3 is 14.5 Å². The molecule has 0 unspecified atom stereocenters. The Hall–Kier alpha value is -4.06. The van der Waals surface area contributed by atoms with Crippen LogP contribution in [0.2, 0.25) is 0 Å². The fourth-order valence-corrected chi connectivity index (χ4v) is 3.96. The van der Waals surface area contributed by atoms with Crippen molar-refractivity contribution in [3.8, 4) is 5.75 Å². The molecule has 0 spiro atoms. The molecule has 1 aliphatic heterocycles. The van der Waals surface area contributed by atoms with Gasteiger partial charge in [0.15, 0.2) is 0 Å². The van der Waals surface area contributed by atoms with Crippen molar-refractivity contribution in [2.45, 2.75) is 6.54 Å². The molecule has 168 valence electrons. The van der Waals surface area contributed by atoms with E-state index in [-0.39, 0.29) is 11.8 Å². The monoisotopic (exact) mass is 441 g/mol. The third-order valence-electron chi connectivity index (χ3n) is 5.71. The van der Waals surface area contributed by atoms with Crippen molar-refractivity contribution in [3.05, 3.63) is 95.7 Å². The zero-order chi connectivity index (χ0) is 23.5. The average molecular weight is 442 g/mol. The van der Waals surface area contributed by atoms with Crippen LogP contribution < -0.4 is 14.5 Å². The lowest BCUT2D eigenvalue weighted by molar-refractivity contribution is -0.120. The maximum Gasteiger partial charge on any atom is 0.282 e. The van der Waals surface area contributed by atoms with E-state index >= 15 is 0 Å². The van der Waals surface area contributed by atoms with Gasteiger partial charge in [-0.1, -0.05) is 42.5 Å². The largest absolute Gasteiger partial charge is 0.497 e. The van der Waals surface area contributed by atoms with E-state index in [0.29, 0.717) is 34.8 Å². The quantitative estimate of drug-likeness (QED) is 0.515. The zero-order valence-electron chi connectivity index (χ0n) is 19.3. The summed E-state index contributed by atoms with van der Waals surface area (Å²) in [5.74, 6) is 0.0194. The van der Waals surface area contributed by atoms with E-state index in [1.54, 1.807) is 31.4 Å². The van der Waals surface area contributed by atoms with Crippen molar-refractivity contribution in [2.75, 3.05) is 38.1 Å². The molecular weight excluding hydrogens is 414 g/mol. The summed E-state index contributed by atoms with van der Waals surface area (Å²) in [5, 5.41) is 0. The van der Waals surface area contributed by atoms with Crippen LogP contribution >= 0.6 is 0 Å². The first kappa shape index (κ1) is 22.1. The molecule has 6 nitrogen and oxygen atoms in total. The maximum atomic E-state index is 13.6. The van der Waals surface area contributed by atoms with Crippen LogP contribution in [0.25, 0.3) is 5.57 Å². The Labute approximate surface area is 194 Å². The van der Waals surface area contributed by atoms with E-state index in [0.717, 1.165) is 11.3 Å². The van der Waals surface area contributed by atoms with Gasteiger partial charge in [-0.15, -0.1) is 0 Å². The Kier molecular flexibility index (Phi) is 6.18. The van der Waals surface area contributed by atoms with Crippen LogP contribution in [0.1, 0.15) is 11.1 Å². The number of nitrogens with zero attached hydrogens (tertiary/aromatic N) is 3. The standard InChI is InChI=1S/C27H27N3O3/c1-28(2)21-12-14-22(15-13-21)30-26(31)24(20-10-16-23(33-4)17-11-20)25(27(30)32)29(3)18-19-8-6-5-7-9-19/h5-17H,18H2,1-4H3. The molecule has 33 heavy (non-hydrogen) atoms. The topological polar surface area (TPSA) is 53.1 Å². The molecular formula is C27H27N3O3. The van der Waals surface area contributed by atoms with Crippen LogP contribution in [-0.2, 0) is 16.1 Å². The lowest BCUT2D eigenvalue weighted by Crippen LogP contribution is -2.34. The third-order valence-corrected chi connectivity index (χ3v) is 5.71. The number of anilines is 2.